The fourth-order valence-corrected chi connectivity index (χ4v) is 3.56. The van der Waals surface area contributed by atoms with Crippen LogP contribution in [0.1, 0.15) is 42.9 Å². The number of halogens is 1. The van der Waals surface area contributed by atoms with Gasteiger partial charge >= 0.3 is 0 Å². The zero-order valence-electron chi connectivity index (χ0n) is 14.7. The predicted octanol–water partition coefficient (Wildman–Crippen LogP) is 2.68. The SMILES string of the molecule is CCc1c(C(=O)N2CCC(C(C)N)CC2)nnn1-c1cccc(Cl)c1. The molecule has 3 rings (SSSR count). The molecule has 1 fully saturated rings. The third-order valence-electron chi connectivity index (χ3n) is 4.92. The number of piperidine rings is 1. The van der Waals surface area contributed by atoms with Gasteiger partial charge in [-0.3, -0.25) is 4.79 Å². The Hall–Kier alpha value is -1.92. The first-order valence-electron chi connectivity index (χ1n) is 8.76. The number of rotatable bonds is 4. The minimum Gasteiger partial charge on any atom is -0.337 e. The van der Waals surface area contributed by atoms with Gasteiger partial charge in [0, 0.05) is 24.2 Å². The van der Waals surface area contributed by atoms with Crippen LogP contribution in [0.5, 0.6) is 0 Å². The molecular weight excluding hydrogens is 338 g/mol. The molecule has 1 aromatic carbocycles. The number of benzene rings is 1. The highest BCUT2D eigenvalue weighted by molar-refractivity contribution is 6.30. The summed E-state index contributed by atoms with van der Waals surface area (Å²) in [6.45, 7) is 5.48. The Morgan fingerprint density at radius 2 is 2.12 bits per heavy atom. The summed E-state index contributed by atoms with van der Waals surface area (Å²) >= 11 is 6.07. The van der Waals surface area contributed by atoms with E-state index in [1.54, 1.807) is 4.68 Å². The molecule has 0 aliphatic carbocycles. The zero-order chi connectivity index (χ0) is 18.0. The number of hydrogen-bond donors (Lipinski definition) is 1. The fraction of sp³-hybridized carbons (Fsp3) is 0.500. The van der Waals surface area contributed by atoms with E-state index >= 15 is 0 Å². The van der Waals surface area contributed by atoms with Crippen molar-refractivity contribution in [3.63, 3.8) is 0 Å². The van der Waals surface area contributed by atoms with Crippen LogP contribution in [-0.4, -0.2) is 44.9 Å². The Balaban J connectivity index is 1.82. The first-order valence-corrected chi connectivity index (χ1v) is 9.14. The third-order valence-corrected chi connectivity index (χ3v) is 5.16. The molecular formula is C18H24ClN5O. The monoisotopic (exact) mass is 361 g/mol. The molecule has 0 spiro atoms. The molecule has 2 heterocycles. The molecule has 1 atom stereocenters. The summed E-state index contributed by atoms with van der Waals surface area (Å²) in [7, 11) is 0. The number of aromatic nitrogens is 3. The number of amides is 1. The molecule has 0 saturated carbocycles. The maximum Gasteiger partial charge on any atom is 0.276 e. The van der Waals surface area contributed by atoms with E-state index in [-0.39, 0.29) is 11.9 Å². The summed E-state index contributed by atoms with van der Waals surface area (Å²) in [6.07, 6.45) is 2.54. The Morgan fingerprint density at radius 3 is 2.72 bits per heavy atom. The van der Waals surface area contributed by atoms with E-state index in [2.05, 4.69) is 10.3 Å². The molecule has 134 valence electrons. The summed E-state index contributed by atoms with van der Waals surface area (Å²) in [5.74, 6) is 0.435. The van der Waals surface area contributed by atoms with Gasteiger partial charge in [0.2, 0.25) is 0 Å². The molecule has 1 aromatic heterocycles. The lowest BCUT2D eigenvalue weighted by atomic mass is 9.91. The van der Waals surface area contributed by atoms with Crippen LogP contribution < -0.4 is 5.73 Å². The fourth-order valence-electron chi connectivity index (χ4n) is 3.38. The van der Waals surface area contributed by atoms with Crippen LogP contribution >= 0.6 is 11.6 Å². The van der Waals surface area contributed by atoms with E-state index in [4.69, 9.17) is 17.3 Å². The first-order chi connectivity index (χ1) is 12.0. The van der Waals surface area contributed by atoms with E-state index in [0.29, 0.717) is 23.1 Å². The number of carbonyl (C=O) groups excluding carboxylic acids is 1. The van der Waals surface area contributed by atoms with E-state index in [1.165, 1.54) is 0 Å². The molecule has 2 aromatic rings. The smallest absolute Gasteiger partial charge is 0.276 e. The van der Waals surface area contributed by atoms with Crippen molar-refractivity contribution in [2.75, 3.05) is 13.1 Å². The second kappa shape index (κ2) is 7.54. The average molecular weight is 362 g/mol. The maximum absolute atomic E-state index is 12.9. The third kappa shape index (κ3) is 3.70. The highest BCUT2D eigenvalue weighted by Crippen LogP contribution is 2.23. The number of hydrogen-bond acceptors (Lipinski definition) is 4. The van der Waals surface area contributed by atoms with Gasteiger partial charge in [0.15, 0.2) is 5.69 Å². The van der Waals surface area contributed by atoms with Crippen molar-refractivity contribution in [2.45, 2.75) is 39.2 Å². The summed E-state index contributed by atoms with van der Waals surface area (Å²) in [6, 6.07) is 7.56. The summed E-state index contributed by atoms with van der Waals surface area (Å²) < 4.78 is 1.70. The van der Waals surface area contributed by atoms with Crippen LogP contribution in [0.15, 0.2) is 24.3 Å². The Kier molecular flexibility index (Phi) is 5.39. The molecule has 6 nitrogen and oxygen atoms in total. The Labute approximate surface area is 152 Å². The average Bonchev–Trinajstić information content (AvgIpc) is 3.05. The standard InChI is InChI=1S/C18H24ClN5O/c1-3-16-17(18(25)23-9-7-13(8-10-23)12(2)20)21-22-24(16)15-6-4-5-14(19)11-15/h4-6,11-13H,3,7-10,20H2,1-2H3. The second-order valence-electron chi connectivity index (χ2n) is 6.62. The zero-order valence-corrected chi connectivity index (χ0v) is 15.4. The lowest BCUT2D eigenvalue weighted by molar-refractivity contribution is 0.0674. The molecule has 0 bridgehead atoms. The van der Waals surface area contributed by atoms with Crippen molar-refractivity contribution in [3.05, 3.63) is 40.7 Å². The topological polar surface area (TPSA) is 77.0 Å². The van der Waals surface area contributed by atoms with E-state index in [0.717, 1.165) is 37.3 Å². The van der Waals surface area contributed by atoms with Gasteiger partial charge in [-0.2, -0.15) is 0 Å². The highest BCUT2D eigenvalue weighted by Gasteiger charge is 2.29. The van der Waals surface area contributed by atoms with Gasteiger partial charge in [0.05, 0.1) is 11.4 Å². The van der Waals surface area contributed by atoms with Crippen LogP contribution in [0.2, 0.25) is 5.02 Å². The number of likely N-dealkylation sites (tertiary alicyclic amines) is 1. The van der Waals surface area contributed by atoms with E-state index in [9.17, 15) is 4.79 Å². The van der Waals surface area contributed by atoms with Gasteiger partial charge in [0.1, 0.15) is 0 Å². The number of nitrogens with two attached hydrogens (primary N) is 1. The van der Waals surface area contributed by atoms with Gasteiger partial charge < -0.3 is 10.6 Å². The van der Waals surface area contributed by atoms with Crippen LogP contribution in [-0.2, 0) is 6.42 Å². The lowest BCUT2D eigenvalue weighted by Gasteiger charge is -2.33. The van der Waals surface area contributed by atoms with Crippen molar-refractivity contribution in [2.24, 2.45) is 11.7 Å². The minimum absolute atomic E-state index is 0.0479. The van der Waals surface area contributed by atoms with Crippen molar-refractivity contribution in [3.8, 4) is 5.69 Å². The van der Waals surface area contributed by atoms with Crippen LogP contribution in [0.3, 0.4) is 0 Å². The van der Waals surface area contributed by atoms with Crippen LogP contribution in [0.25, 0.3) is 5.69 Å². The summed E-state index contributed by atoms with van der Waals surface area (Å²) in [5, 5.41) is 9.00. The predicted molar refractivity (Wildman–Crippen MR) is 98.0 cm³/mol. The molecule has 25 heavy (non-hydrogen) atoms. The van der Waals surface area contributed by atoms with Gasteiger partial charge in [-0.15, -0.1) is 5.10 Å². The number of carbonyl (C=O) groups is 1. The molecule has 7 heteroatoms. The first kappa shape index (κ1) is 17.9. The van der Waals surface area contributed by atoms with Gasteiger partial charge in [-0.25, -0.2) is 4.68 Å². The van der Waals surface area contributed by atoms with E-state index in [1.807, 2.05) is 43.0 Å². The quantitative estimate of drug-likeness (QED) is 0.908. The molecule has 1 aliphatic rings. The molecule has 1 aliphatic heterocycles. The maximum atomic E-state index is 12.9. The Bertz CT molecular complexity index is 750. The minimum atomic E-state index is -0.0479. The van der Waals surface area contributed by atoms with Crippen molar-refractivity contribution >= 4 is 17.5 Å². The molecule has 1 saturated heterocycles. The Morgan fingerprint density at radius 1 is 1.40 bits per heavy atom. The molecule has 0 radical (unpaired) electrons. The molecule has 1 amide bonds. The van der Waals surface area contributed by atoms with Gasteiger partial charge in [0.25, 0.3) is 5.91 Å². The van der Waals surface area contributed by atoms with Crippen molar-refractivity contribution < 1.29 is 4.79 Å². The van der Waals surface area contributed by atoms with Gasteiger partial charge in [-0.1, -0.05) is 29.8 Å². The van der Waals surface area contributed by atoms with E-state index < -0.39 is 0 Å². The summed E-state index contributed by atoms with van der Waals surface area (Å²) in [4.78, 5) is 14.8. The van der Waals surface area contributed by atoms with Crippen LogP contribution in [0.4, 0.5) is 0 Å². The molecule has 1 unspecified atom stereocenters. The normalized spacial score (nSPS) is 16.9. The highest BCUT2D eigenvalue weighted by atomic mass is 35.5. The van der Waals surface area contributed by atoms with Crippen LogP contribution in [0, 0.1) is 5.92 Å². The lowest BCUT2D eigenvalue weighted by Crippen LogP contribution is -2.42. The van der Waals surface area contributed by atoms with Crippen molar-refractivity contribution in [1.29, 1.82) is 0 Å². The molecule has 2 N–H and O–H groups in total. The largest absolute Gasteiger partial charge is 0.337 e. The number of nitrogens with zero attached hydrogens (tertiary/aromatic N) is 4. The summed E-state index contributed by atoms with van der Waals surface area (Å²) in [5.41, 5.74) is 8.04. The van der Waals surface area contributed by atoms with Crippen molar-refractivity contribution in [1.82, 2.24) is 19.9 Å². The second-order valence-corrected chi connectivity index (χ2v) is 7.06. The van der Waals surface area contributed by atoms with Gasteiger partial charge in [-0.05, 0) is 50.3 Å².